The molecule has 0 saturated carbocycles. The molecule has 0 aromatic heterocycles. The first-order chi connectivity index (χ1) is 14.3. The molecule has 2 aromatic rings. The van der Waals surface area contributed by atoms with E-state index in [0.717, 1.165) is 16.7 Å². The molecule has 0 saturated heterocycles. The summed E-state index contributed by atoms with van der Waals surface area (Å²) in [4.78, 5) is 35.3. The molecule has 0 aliphatic rings. The zero-order valence-corrected chi connectivity index (χ0v) is 16.7. The number of aliphatic hydroxyl groups excluding tert-OH is 1. The van der Waals surface area contributed by atoms with Crippen molar-refractivity contribution in [2.45, 2.75) is 38.5 Å². The molecule has 8 heteroatoms. The minimum Gasteiger partial charge on any atom is -0.480 e. The molecule has 2 rings (SSSR count). The number of carboxylic acid groups (broad SMARTS) is 1. The quantitative estimate of drug-likeness (QED) is 0.470. The number of aliphatic carboxylic acids is 1. The number of hydrogen-bond acceptors (Lipinski definition) is 5. The Balaban J connectivity index is 1.74. The number of aryl methyl sites for hydroxylation is 1. The summed E-state index contributed by atoms with van der Waals surface area (Å²) < 4.78 is 5.02. The van der Waals surface area contributed by atoms with Crippen LogP contribution in [0.4, 0.5) is 4.79 Å². The van der Waals surface area contributed by atoms with E-state index in [4.69, 9.17) is 4.74 Å². The number of carbonyl (C=O) groups excluding carboxylic acids is 2. The third-order valence-corrected chi connectivity index (χ3v) is 4.43. The summed E-state index contributed by atoms with van der Waals surface area (Å²) in [6.07, 6.45) is -2.12. The molecule has 4 N–H and O–H groups in total. The molecule has 2 aromatic carbocycles. The molecule has 0 bridgehead atoms. The van der Waals surface area contributed by atoms with E-state index in [1.807, 2.05) is 49.4 Å². The fourth-order valence-corrected chi connectivity index (χ4v) is 2.77. The summed E-state index contributed by atoms with van der Waals surface area (Å²) in [6.45, 7) is 1.75. The molecule has 0 heterocycles. The third kappa shape index (κ3) is 7.92. The lowest BCUT2D eigenvalue weighted by molar-refractivity contribution is -0.142. The molecular formula is C22H26N2O6. The number of hydrogen-bond donors (Lipinski definition) is 4. The normalized spacial score (nSPS) is 12.5. The van der Waals surface area contributed by atoms with Gasteiger partial charge in [0.2, 0.25) is 5.91 Å². The van der Waals surface area contributed by atoms with Crippen LogP contribution in [0.5, 0.6) is 0 Å². The van der Waals surface area contributed by atoms with Crippen molar-refractivity contribution in [1.29, 1.82) is 0 Å². The Bertz CT molecular complexity index is 856. The van der Waals surface area contributed by atoms with Crippen LogP contribution in [0.3, 0.4) is 0 Å². The van der Waals surface area contributed by atoms with Gasteiger partial charge in [0, 0.05) is 13.0 Å². The van der Waals surface area contributed by atoms with E-state index in [2.05, 4.69) is 10.6 Å². The SMILES string of the molecule is Cc1ccccc1C[C@@H](NC(=O)C[C@H](O)CNC(=O)OCc1ccccc1)C(=O)O. The van der Waals surface area contributed by atoms with Gasteiger partial charge < -0.3 is 25.6 Å². The molecule has 0 aliphatic carbocycles. The summed E-state index contributed by atoms with van der Waals surface area (Å²) in [5.41, 5.74) is 2.56. The van der Waals surface area contributed by atoms with Gasteiger partial charge in [-0.2, -0.15) is 0 Å². The highest BCUT2D eigenvalue weighted by molar-refractivity contribution is 5.84. The van der Waals surface area contributed by atoms with Crippen molar-refractivity contribution in [1.82, 2.24) is 10.6 Å². The van der Waals surface area contributed by atoms with E-state index in [1.54, 1.807) is 12.1 Å². The highest BCUT2D eigenvalue weighted by Gasteiger charge is 2.22. The fraction of sp³-hybridized carbons (Fsp3) is 0.318. The maximum Gasteiger partial charge on any atom is 0.407 e. The van der Waals surface area contributed by atoms with Gasteiger partial charge in [0.1, 0.15) is 12.6 Å². The van der Waals surface area contributed by atoms with Crippen LogP contribution in [0.1, 0.15) is 23.1 Å². The molecule has 0 radical (unpaired) electrons. The lowest BCUT2D eigenvalue weighted by Crippen LogP contribution is -2.44. The second-order valence-electron chi connectivity index (χ2n) is 6.89. The number of benzene rings is 2. The van der Waals surface area contributed by atoms with Crippen molar-refractivity contribution in [3.63, 3.8) is 0 Å². The minimum atomic E-state index is -1.18. The third-order valence-electron chi connectivity index (χ3n) is 4.43. The van der Waals surface area contributed by atoms with Gasteiger partial charge >= 0.3 is 12.1 Å². The van der Waals surface area contributed by atoms with Crippen LogP contribution in [0.25, 0.3) is 0 Å². The molecule has 0 unspecified atom stereocenters. The number of carboxylic acids is 1. The van der Waals surface area contributed by atoms with E-state index in [0.29, 0.717) is 0 Å². The van der Waals surface area contributed by atoms with Gasteiger partial charge in [-0.15, -0.1) is 0 Å². The maximum absolute atomic E-state index is 12.1. The van der Waals surface area contributed by atoms with E-state index in [9.17, 15) is 24.6 Å². The topological polar surface area (TPSA) is 125 Å². The van der Waals surface area contributed by atoms with Crippen LogP contribution in [0, 0.1) is 6.92 Å². The monoisotopic (exact) mass is 414 g/mol. The van der Waals surface area contributed by atoms with Crippen LogP contribution in [-0.4, -0.2) is 46.9 Å². The summed E-state index contributed by atoms with van der Waals surface area (Å²) >= 11 is 0. The number of alkyl carbamates (subject to hydrolysis) is 1. The van der Waals surface area contributed by atoms with Crippen LogP contribution >= 0.6 is 0 Å². The summed E-state index contributed by atoms with van der Waals surface area (Å²) in [5, 5.41) is 24.1. The van der Waals surface area contributed by atoms with Gasteiger partial charge in [0.25, 0.3) is 0 Å². The van der Waals surface area contributed by atoms with Crippen molar-refractivity contribution >= 4 is 18.0 Å². The summed E-state index contributed by atoms with van der Waals surface area (Å²) in [5.74, 6) is -1.79. The van der Waals surface area contributed by atoms with Crippen LogP contribution in [-0.2, 0) is 27.4 Å². The summed E-state index contributed by atoms with van der Waals surface area (Å²) in [7, 11) is 0. The van der Waals surface area contributed by atoms with E-state index in [-0.39, 0.29) is 26.0 Å². The Labute approximate surface area is 174 Å². The highest BCUT2D eigenvalue weighted by atomic mass is 16.5. The Morgan fingerprint density at radius 2 is 1.70 bits per heavy atom. The van der Waals surface area contributed by atoms with Crippen molar-refractivity contribution in [3.8, 4) is 0 Å². The zero-order chi connectivity index (χ0) is 21.9. The number of rotatable bonds is 10. The lowest BCUT2D eigenvalue weighted by Gasteiger charge is -2.17. The van der Waals surface area contributed by atoms with Gasteiger partial charge in [-0.05, 0) is 23.6 Å². The lowest BCUT2D eigenvalue weighted by atomic mass is 10.0. The van der Waals surface area contributed by atoms with Gasteiger partial charge in [0.05, 0.1) is 12.5 Å². The molecule has 8 nitrogen and oxygen atoms in total. The van der Waals surface area contributed by atoms with Crippen LogP contribution in [0.2, 0.25) is 0 Å². The van der Waals surface area contributed by atoms with Crippen LogP contribution in [0.15, 0.2) is 54.6 Å². The van der Waals surface area contributed by atoms with Gasteiger partial charge in [-0.3, -0.25) is 4.79 Å². The fourth-order valence-electron chi connectivity index (χ4n) is 2.77. The molecule has 30 heavy (non-hydrogen) atoms. The van der Waals surface area contributed by atoms with Gasteiger partial charge in [-0.1, -0.05) is 54.6 Å². The van der Waals surface area contributed by atoms with Crippen molar-refractivity contribution in [2.24, 2.45) is 0 Å². The predicted octanol–water partition coefficient (Wildman–Crippen LogP) is 1.78. The highest BCUT2D eigenvalue weighted by Crippen LogP contribution is 2.10. The Morgan fingerprint density at radius 3 is 2.37 bits per heavy atom. The van der Waals surface area contributed by atoms with E-state index >= 15 is 0 Å². The Kier molecular flexibility index (Phi) is 8.83. The Hall–Kier alpha value is -3.39. The second kappa shape index (κ2) is 11.6. The minimum absolute atomic E-state index is 0.0858. The van der Waals surface area contributed by atoms with Crippen LogP contribution < -0.4 is 10.6 Å². The van der Waals surface area contributed by atoms with Gasteiger partial charge in [0.15, 0.2) is 0 Å². The van der Waals surface area contributed by atoms with Gasteiger partial charge in [-0.25, -0.2) is 9.59 Å². The largest absolute Gasteiger partial charge is 0.480 e. The smallest absolute Gasteiger partial charge is 0.407 e. The van der Waals surface area contributed by atoms with Crippen molar-refractivity contribution in [3.05, 3.63) is 71.3 Å². The number of nitrogens with one attached hydrogen (secondary N) is 2. The Morgan fingerprint density at radius 1 is 1.03 bits per heavy atom. The van der Waals surface area contributed by atoms with Crippen molar-refractivity contribution in [2.75, 3.05) is 6.54 Å². The molecule has 2 amide bonds. The predicted molar refractivity (Wildman–Crippen MR) is 110 cm³/mol. The number of ether oxygens (including phenoxy) is 1. The average molecular weight is 414 g/mol. The molecule has 160 valence electrons. The van der Waals surface area contributed by atoms with Crippen molar-refractivity contribution < 1.29 is 29.3 Å². The zero-order valence-electron chi connectivity index (χ0n) is 16.7. The molecule has 0 fully saturated rings. The number of carbonyl (C=O) groups is 3. The van der Waals surface area contributed by atoms with E-state index in [1.165, 1.54) is 0 Å². The molecular weight excluding hydrogens is 388 g/mol. The average Bonchev–Trinajstić information content (AvgIpc) is 2.72. The first-order valence-corrected chi connectivity index (χ1v) is 9.54. The molecule has 0 spiro atoms. The first kappa shape index (κ1) is 22.9. The number of amides is 2. The molecule has 0 aliphatic heterocycles. The maximum atomic E-state index is 12.1. The standard InChI is InChI=1S/C22H26N2O6/c1-15-7-5-6-10-17(15)11-19(21(27)28)24-20(26)12-18(25)13-23-22(29)30-14-16-8-3-2-4-9-16/h2-10,18-19,25H,11-14H2,1H3,(H,23,29)(H,24,26)(H,27,28)/t18-,19+/m0/s1. The molecule has 2 atom stereocenters. The second-order valence-corrected chi connectivity index (χ2v) is 6.89. The number of aliphatic hydroxyl groups is 1. The summed E-state index contributed by atoms with van der Waals surface area (Å²) in [6, 6.07) is 15.3. The van der Waals surface area contributed by atoms with E-state index < -0.39 is 30.1 Å². The first-order valence-electron chi connectivity index (χ1n) is 9.54.